The van der Waals surface area contributed by atoms with Gasteiger partial charge in [0.25, 0.3) is 5.69 Å². The molecule has 0 atom stereocenters. The Morgan fingerprint density at radius 1 is 1.09 bits per heavy atom. The molecule has 0 aliphatic carbocycles. The van der Waals surface area contributed by atoms with Crippen LogP contribution in [0, 0.1) is 31.6 Å². The molecule has 2 rings (SSSR count). The molecule has 0 fully saturated rings. The number of hydrazone groups is 1. The second kappa shape index (κ2) is 6.77. The number of anilines is 1. The van der Waals surface area contributed by atoms with Gasteiger partial charge in [-0.2, -0.15) is 10.4 Å². The van der Waals surface area contributed by atoms with E-state index >= 15 is 0 Å². The molecule has 0 aromatic heterocycles. The van der Waals surface area contributed by atoms with Crippen molar-refractivity contribution in [1.29, 1.82) is 5.26 Å². The smallest absolute Gasteiger partial charge is 0.272 e. The highest BCUT2D eigenvalue weighted by Crippen LogP contribution is 2.28. The van der Waals surface area contributed by atoms with Gasteiger partial charge in [0.1, 0.15) is 5.69 Å². The molecule has 0 aliphatic rings. The van der Waals surface area contributed by atoms with E-state index in [0.29, 0.717) is 11.1 Å². The van der Waals surface area contributed by atoms with Crippen LogP contribution in [-0.2, 0) is 0 Å². The van der Waals surface area contributed by atoms with Crippen LogP contribution in [-0.4, -0.2) is 16.1 Å². The van der Waals surface area contributed by atoms with Crippen molar-refractivity contribution in [3.8, 4) is 6.07 Å². The Bertz CT molecular complexity index is 824. The highest BCUT2D eigenvalue weighted by atomic mass is 16.6. The van der Waals surface area contributed by atoms with Crippen LogP contribution < -0.4 is 5.43 Å². The van der Waals surface area contributed by atoms with Gasteiger partial charge in [-0.15, -0.1) is 0 Å². The maximum atomic E-state index is 11.0. The summed E-state index contributed by atoms with van der Waals surface area (Å²) in [4.78, 5) is 20.2. The lowest BCUT2D eigenvalue weighted by atomic mass is 10.2. The first-order valence-corrected chi connectivity index (χ1v) is 6.23. The van der Waals surface area contributed by atoms with Crippen molar-refractivity contribution in [3.05, 3.63) is 73.8 Å². The number of nitro benzene ring substituents is 2. The second-order valence-electron chi connectivity index (χ2n) is 4.32. The molecule has 0 aliphatic heterocycles. The summed E-state index contributed by atoms with van der Waals surface area (Å²) in [6.07, 6.45) is 1.41. The first kappa shape index (κ1) is 15.6. The predicted octanol–water partition coefficient (Wildman–Crippen LogP) is 2.82. The molecule has 2 aromatic rings. The Labute approximate surface area is 129 Å². The molecule has 0 radical (unpaired) electrons. The van der Waals surface area contributed by atoms with Crippen LogP contribution in [0.25, 0.3) is 0 Å². The number of nitro groups is 2. The summed E-state index contributed by atoms with van der Waals surface area (Å²) in [5.74, 6) is 0. The molecule has 0 unspecified atom stereocenters. The molecular formula is C14H9N5O4. The van der Waals surface area contributed by atoms with Crippen LogP contribution in [0.4, 0.5) is 17.1 Å². The lowest BCUT2D eigenvalue weighted by Gasteiger charge is -2.01. The Morgan fingerprint density at radius 3 is 2.35 bits per heavy atom. The molecule has 2 aromatic carbocycles. The number of nitrogens with zero attached hydrogens (tertiary/aromatic N) is 4. The number of rotatable bonds is 5. The van der Waals surface area contributed by atoms with Gasteiger partial charge in [0, 0.05) is 6.07 Å². The van der Waals surface area contributed by atoms with Crippen molar-refractivity contribution in [2.45, 2.75) is 0 Å². The van der Waals surface area contributed by atoms with Crippen molar-refractivity contribution in [2.75, 3.05) is 5.43 Å². The molecule has 1 N–H and O–H groups in total. The largest absolute Gasteiger partial charge is 0.301 e. The lowest BCUT2D eigenvalue weighted by Crippen LogP contribution is -1.98. The van der Waals surface area contributed by atoms with E-state index in [-0.39, 0.29) is 11.4 Å². The van der Waals surface area contributed by atoms with Crippen molar-refractivity contribution in [3.63, 3.8) is 0 Å². The van der Waals surface area contributed by atoms with E-state index in [4.69, 9.17) is 5.26 Å². The fraction of sp³-hybridized carbons (Fsp3) is 0. The average Bonchev–Trinajstić information content (AvgIpc) is 2.55. The van der Waals surface area contributed by atoms with Crippen molar-refractivity contribution in [1.82, 2.24) is 0 Å². The van der Waals surface area contributed by atoms with E-state index in [1.54, 1.807) is 24.3 Å². The van der Waals surface area contributed by atoms with E-state index in [1.165, 1.54) is 12.3 Å². The summed E-state index contributed by atoms with van der Waals surface area (Å²) >= 11 is 0. The summed E-state index contributed by atoms with van der Waals surface area (Å²) in [6, 6.07) is 11.7. The first-order valence-electron chi connectivity index (χ1n) is 6.23. The Morgan fingerprint density at radius 2 is 1.78 bits per heavy atom. The molecule has 23 heavy (non-hydrogen) atoms. The zero-order chi connectivity index (χ0) is 16.8. The molecule has 0 heterocycles. The molecule has 114 valence electrons. The van der Waals surface area contributed by atoms with Crippen LogP contribution >= 0.6 is 0 Å². The van der Waals surface area contributed by atoms with Gasteiger partial charge in [-0.1, -0.05) is 12.1 Å². The molecule has 9 nitrogen and oxygen atoms in total. The fourth-order valence-corrected chi connectivity index (χ4v) is 1.70. The van der Waals surface area contributed by atoms with Crippen molar-refractivity contribution < 1.29 is 9.85 Å². The van der Waals surface area contributed by atoms with E-state index < -0.39 is 15.5 Å². The zero-order valence-corrected chi connectivity index (χ0v) is 11.5. The standard InChI is InChI=1S/C14H9N5O4/c15-8-10-1-3-11(4-2-10)9-16-17-13-6-5-12(18(20)21)7-14(13)19(22)23/h1-7,9,17H. The van der Waals surface area contributed by atoms with Crippen LogP contribution in [0.3, 0.4) is 0 Å². The summed E-state index contributed by atoms with van der Waals surface area (Å²) in [5.41, 5.74) is 2.87. The van der Waals surface area contributed by atoms with E-state index in [9.17, 15) is 20.2 Å². The van der Waals surface area contributed by atoms with Crippen LogP contribution in [0.15, 0.2) is 47.6 Å². The molecule has 0 amide bonds. The van der Waals surface area contributed by atoms with Gasteiger partial charge in [-0.25, -0.2) is 0 Å². The van der Waals surface area contributed by atoms with Crippen molar-refractivity contribution >= 4 is 23.3 Å². The summed E-state index contributed by atoms with van der Waals surface area (Å²) in [5, 5.41) is 34.2. The summed E-state index contributed by atoms with van der Waals surface area (Å²) < 4.78 is 0. The Balaban J connectivity index is 2.19. The van der Waals surface area contributed by atoms with Crippen LogP contribution in [0.1, 0.15) is 11.1 Å². The maximum absolute atomic E-state index is 11.0. The van der Waals surface area contributed by atoms with Gasteiger partial charge in [0.05, 0.1) is 33.8 Å². The van der Waals surface area contributed by atoms with Gasteiger partial charge in [-0.05, 0) is 23.8 Å². The first-order chi connectivity index (χ1) is 11.0. The Kier molecular flexibility index (Phi) is 4.59. The fourth-order valence-electron chi connectivity index (χ4n) is 1.70. The van der Waals surface area contributed by atoms with Gasteiger partial charge >= 0.3 is 5.69 Å². The second-order valence-corrected chi connectivity index (χ2v) is 4.32. The third-order valence-corrected chi connectivity index (χ3v) is 2.83. The minimum Gasteiger partial charge on any atom is -0.272 e. The zero-order valence-electron chi connectivity index (χ0n) is 11.5. The third kappa shape index (κ3) is 3.85. The molecular weight excluding hydrogens is 302 g/mol. The highest BCUT2D eigenvalue weighted by molar-refractivity contribution is 5.80. The van der Waals surface area contributed by atoms with Gasteiger partial charge in [0.2, 0.25) is 0 Å². The molecule has 9 heteroatoms. The predicted molar refractivity (Wildman–Crippen MR) is 82.1 cm³/mol. The maximum Gasteiger partial charge on any atom is 0.301 e. The number of non-ortho nitro benzene ring substituents is 1. The number of benzene rings is 2. The lowest BCUT2D eigenvalue weighted by molar-refractivity contribution is -0.393. The Hall–Kier alpha value is -3.80. The van der Waals surface area contributed by atoms with Crippen LogP contribution in [0.2, 0.25) is 0 Å². The number of hydrogen-bond acceptors (Lipinski definition) is 7. The summed E-state index contributed by atoms with van der Waals surface area (Å²) in [7, 11) is 0. The number of hydrogen-bond donors (Lipinski definition) is 1. The molecule has 0 saturated heterocycles. The monoisotopic (exact) mass is 311 g/mol. The van der Waals surface area contributed by atoms with E-state index in [2.05, 4.69) is 10.5 Å². The van der Waals surface area contributed by atoms with E-state index in [1.807, 2.05) is 6.07 Å². The minimum absolute atomic E-state index is 0.0329. The minimum atomic E-state index is -0.730. The van der Waals surface area contributed by atoms with Gasteiger partial charge < -0.3 is 0 Å². The SMILES string of the molecule is N#Cc1ccc(C=NNc2ccc([N+](=O)[O-])cc2[N+](=O)[O-])cc1. The average molecular weight is 311 g/mol. The molecule has 0 spiro atoms. The number of nitrogens with one attached hydrogen (secondary N) is 1. The molecule has 0 saturated carbocycles. The topological polar surface area (TPSA) is 134 Å². The summed E-state index contributed by atoms with van der Waals surface area (Å²) in [6.45, 7) is 0. The van der Waals surface area contributed by atoms with Crippen molar-refractivity contribution in [2.24, 2.45) is 5.10 Å². The quantitative estimate of drug-likeness (QED) is 0.512. The molecule has 0 bridgehead atoms. The van der Waals surface area contributed by atoms with Gasteiger partial charge in [-0.3, -0.25) is 25.7 Å². The normalized spacial score (nSPS) is 10.2. The van der Waals surface area contributed by atoms with Gasteiger partial charge in [0.15, 0.2) is 0 Å². The van der Waals surface area contributed by atoms with Crippen LogP contribution in [0.5, 0.6) is 0 Å². The number of nitriles is 1. The highest BCUT2D eigenvalue weighted by Gasteiger charge is 2.18. The third-order valence-electron chi connectivity index (χ3n) is 2.83. The van der Waals surface area contributed by atoms with E-state index in [0.717, 1.165) is 12.1 Å².